The van der Waals surface area contributed by atoms with Crippen molar-refractivity contribution in [3.8, 4) is 0 Å². The van der Waals surface area contributed by atoms with E-state index in [0.717, 1.165) is 22.6 Å². The molecule has 0 unspecified atom stereocenters. The minimum absolute atomic E-state index is 0.0226. The minimum Gasteiger partial charge on any atom is -0.327 e. The van der Waals surface area contributed by atoms with Gasteiger partial charge in [-0.3, -0.25) is 9.89 Å². The molecule has 0 aliphatic carbocycles. The summed E-state index contributed by atoms with van der Waals surface area (Å²) >= 11 is 5.04. The number of nitrogens with zero attached hydrogens (tertiary/aromatic N) is 2. The highest BCUT2D eigenvalue weighted by atomic mass is 79.9. The molecule has 1 aromatic heterocycles. The quantitative estimate of drug-likeness (QED) is 0.830. The first kappa shape index (κ1) is 9.08. The van der Waals surface area contributed by atoms with Crippen LogP contribution < -0.4 is 0 Å². The molecule has 0 atom stereocenters. The number of H-pyrrole nitrogens is 1. The van der Waals surface area contributed by atoms with E-state index in [1.807, 2.05) is 4.90 Å². The van der Waals surface area contributed by atoms with Crippen LogP contribution in [0.3, 0.4) is 0 Å². The fraction of sp³-hybridized carbons (Fsp3) is 0.429. The number of nitrogens with one attached hydrogen (secondary N) is 1. The molecule has 13 heavy (non-hydrogen) atoms. The lowest BCUT2D eigenvalue weighted by molar-refractivity contribution is 0.0796. The van der Waals surface area contributed by atoms with Crippen molar-refractivity contribution in [3.63, 3.8) is 0 Å². The van der Waals surface area contributed by atoms with E-state index in [0.29, 0.717) is 5.69 Å². The van der Waals surface area contributed by atoms with Crippen LogP contribution in [0, 0.1) is 0 Å². The SMILES string of the molecule is O=C(c1[nH]ncc1Br)N1CCSC1. The summed E-state index contributed by atoms with van der Waals surface area (Å²) in [6.45, 7) is 0.828. The summed E-state index contributed by atoms with van der Waals surface area (Å²) in [6.07, 6.45) is 1.59. The van der Waals surface area contributed by atoms with Gasteiger partial charge in [0.25, 0.3) is 5.91 Å². The lowest BCUT2D eigenvalue weighted by Gasteiger charge is -2.12. The summed E-state index contributed by atoms with van der Waals surface area (Å²) in [5, 5.41) is 6.47. The fourth-order valence-electron chi connectivity index (χ4n) is 1.15. The van der Waals surface area contributed by atoms with Gasteiger partial charge in [0.2, 0.25) is 0 Å². The third-order valence-electron chi connectivity index (χ3n) is 1.85. The number of carbonyl (C=O) groups is 1. The second-order valence-electron chi connectivity index (χ2n) is 2.70. The molecule has 0 saturated carbocycles. The first-order chi connectivity index (χ1) is 6.29. The zero-order valence-corrected chi connectivity index (χ0v) is 9.19. The molecule has 70 valence electrons. The summed E-state index contributed by atoms with van der Waals surface area (Å²) < 4.78 is 0.731. The number of hydrogen-bond acceptors (Lipinski definition) is 3. The Morgan fingerprint density at radius 2 is 2.62 bits per heavy atom. The minimum atomic E-state index is 0.0226. The molecule has 0 radical (unpaired) electrons. The van der Waals surface area contributed by atoms with Crippen LogP contribution in [-0.2, 0) is 0 Å². The number of thioether (sulfide) groups is 1. The summed E-state index contributed by atoms with van der Waals surface area (Å²) in [7, 11) is 0. The van der Waals surface area contributed by atoms with Gasteiger partial charge >= 0.3 is 0 Å². The maximum atomic E-state index is 11.7. The first-order valence-corrected chi connectivity index (χ1v) is 5.79. The molecule has 4 nitrogen and oxygen atoms in total. The van der Waals surface area contributed by atoms with Crippen LogP contribution in [-0.4, -0.2) is 39.2 Å². The Balaban J connectivity index is 2.17. The number of rotatable bonds is 1. The normalized spacial score (nSPS) is 16.5. The molecule has 1 amide bonds. The van der Waals surface area contributed by atoms with Crippen LogP contribution in [0.15, 0.2) is 10.7 Å². The summed E-state index contributed by atoms with van der Waals surface area (Å²) in [5.41, 5.74) is 0.544. The summed E-state index contributed by atoms with van der Waals surface area (Å²) in [5.74, 6) is 1.83. The van der Waals surface area contributed by atoms with Crippen LogP contribution in [0.2, 0.25) is 0 Å². The first-order valence-electron chi connectivity index (χ1n) is 3.85. The highest BCUT2D eigenvalue weighted by Crippen LogP contribution is 2.19. The average Bonchev–Trinajstić information content (AvgIpc) is 2.72. The Hall–Kier alpha value is -0.490. The molecule has 1 saturated heterocycles. The van der Waals surface area contributed by atoms with E-state index < -0.39 is 0 Å². The Bertz CT molecular complexity index is 321. The third kappa shape index (κ3) is 1.73. The number of carbonyl (C=O) groups excluding carboxylic acids is 1. The molecular weight excluding hydrogens is 254 g/mol. The number of aromatic amines is 1. The predicted molar refractivity (Wildman–Crippen MR) is 54.6 cm³/mol. The van der Waals surface area contributed by atoms with Gasteiger partial charge in [0.15, 0.2) is 0 Å². The molecule has 0 aromatic carbocycles. The highest BCUT2D eigenvalue weighted by molar-refractivity contribution is 9.10. The van der Waals surface area contributed by atoms with Crippen molar-refractivity contribution in [1.82, 2.24) is 15.1 Å². The van der Waals surface area contributed by atoms with Crippen LogP contribution in [0.25, 0.3) is 0 Å². The molecule has 0 spiro atoms. The van der Waals surface area contributed by atoms with Crippen molar-refractivity contribution in [2.45, 2.75) is 0 Å². The van der Waals surface area contributed by atoms with Crippen LogP contribution in [0.5, 0.6) is 0 Å². The maximum Gasteiger partial charge on any atom is 0.273 e. The van der Waals surface area contributed by atoms with Gasteiger partial charge in [-0.05, 0) is 15.9 Å². The van der Waals surface area contributed by atoms with Gasteiger partial charge in [-0.2, -0.15) is 5.10 Å². The highest BCUT2D eigenvalue weighted by Gasteiger charge is 2.22. The third-order valence-corrected chi connectivity index (χ3v) is 3.41. The van der Waals surface area contributed by atoms with E-state index in [2.05, 4.69) is 26.1 Å². The van der Waals surface area contributed by atoms with E-state index in [-0.39, 0.29) is 5.91 Å². The molecule has 2 heterocycles. The molecule has 0 bridgehead atoms. The number of hydrogen-bond donors (Lipinski definition) is 1. The number of aromatic nitrogens is 2. The topological polar surface area (TPSA) is 49.0 Å². The maximum absolute atomic E-state index is 11.7. The molecule has 1 aliphatic rings. The van der Waals surface area contributed by atoms with Crippen LogP contribution >= 0.6 is 27.7 Å². The predicted octanol–water partition coefficient (Wildman–Crippen LogP) is 1.32. The van der Waals surface area contributed by atoms with E-state index >= 15 is 0 Å². The van der Waals surface area contributed by atoms with Crippen molar-refractivity contribution in [3.05, 3.63) is 16.4 Å². The van der Waals surface area contributed by atoms with Crippen molar-refractivity contribution in [2.75, 3.05) is 18.2 Å². The second-order valence-corrected chi connectivity index (χ2v) is 4.63. The van der Waals surface area contributed by atoms with Crippen molar-refractivity contribution >= 4 is 33.6 Å². The van der Waals surface area contributed by atoms with Gasteiger partial charge in [-0.25, -0.2) is 0 Å². The Morgan fingerprint density at radius 1 is 1.77 bits per heavy atom. The number of halogens is 1. The van der Waals surface area contributed by atoms with Gasteiger partial charge in [0.05, 0.1) is 16.5 Å². The van der Waals surface area contributed by atoms with E-state index in [1.165, 1.54) is 0 Å². The molecule has 2 rings (SSSR count). The second kappa shape index (κ2) is 3.71. The molecular formula is C7H8BrN3OS. The molecule has 1 N–H and O–H groups in total. The Morgan fingerprint density at radius 3 is 3.15 bits per heavy atom. The van der Waals surface area contributed by atoms with Crippen molar-refractivity contribution in [1.29, 1.82) is 0 Å². The van der Waals surface area contributed by atoms with Crippen molar-refractivity contribution < 1.29 is 4.79 Å². The van der Waals surface area contributed by atoms with Gasteiger partial charge in [-0.15, -0.1) is 11.8 Å². The molecule has 1 aliphatic heterocycles. The summed E-state index contributed by atoms with van der Waals surface area (Å²) in [6, 6.07) is 0. The van der Waals surface area contributed by atoms with Gasteiger partial charge in [0.1, 0.15) is 5.69 Å². The monoisotopic (exact) mass is 261 g/mol. The molecule has 1 aromatic rings. The Kier molecular flexibility index (Phi) is 2.59. The largest absolute Gasteiger partial charge is 0.327 e. The van der Waals surface area contributed by atoms with E-state index in [1.54, 1.807) is 18.0 Å². The molecule has 6 heteroatoms. The summed E-state index contributed by atoms with van der Waals surface area (Å²) in [4.78, 5) is 13.5. The lowest BCUT2D eigenvalue weighted by atomic mass is 10.4. The molecule has 1 fully saturated rings. The smallest absolute Gasteiger partial charge is 0.273 e. The zero-order chi connectivity index (χ0) is 9.26. The zero-order valence-electron chi connectivity index (χ0n) is 6.79. The van der Waals surface area contributed by atoms with Crippen molar-refractivity contribution in [2.24, 2.45) is 0 Å². The van der Waals surface area contributed by atoms with E-state index in [9.17, 15) is 4.79 Å². The van der Waals surface area contributed by atoms with E-state index in [4.69, 9.17) is 0 Å². The van der Waals surface area contributed by atoms with Gasteiger partial charge in [0, 0.05) is 12.3 Å². The van der Waals surface area contributed by atoms with Gasteiger partial charge < -0.3 is 4.90 Å². The Labute approximate surface area is 88.2 Å². The van der Waals surface area contributed by atoms with Crippen LogP contribution in [0.4, 0.5) is 0 Å². The number of amides is 1. The average molecular weight is 262 g/mol. The standard InChI is InChI=1S/C7H8BrN3OS/c8-5-3-9-10-6(5)7(12)11-1-2-13-4-11/h3H,1-2,4H2,(H,9,10). The lowest BCUT2D eigenvalue weighted by Crippen LogP contribution is -2.28. The van der Waals surface area contributed by atoms with Gasteiger partial charge in [-0.1, -0.05) is 0 Å². The fourth-order valence-corrected chi connectivity index (χ4v) is 2.46. The van der Waals surface area contributed by atoms with Crippen LogP contribution in [0.1, 0.15) is 10.5 Å².